The lowest BCUT2D eigenvalue weighted by molar-refractivity contribution is -0.116. The summed E-state index contributed by atoms with van der Waals surface area (Å²) < 4.78 is 0. The molecule has 1 aromatic carbocycles. The number of hydrogen-bond donors (Lipinski definition) is 3. The number of amides is 1. The van der Waals surface area contributed by atoms with Crippen molar-refractivity contribution in [3.8, 4) is 0 Å². The van der Waals surface area contributed by atoms with Crippen molar-refractivity contribution in [1.29, 1.82) is 0 Å². The third-order valence-electron chi connectivity index (χ3n) is 2.80. The maximum absolute atomic E-state index is 11.9. The molecule has 116 valence electrons. The van der Waals surface area contributed by atoms with Crippen LogP contribution in [0, 0.1) is 5.41 Å². The molecule has 0 aliphatic heterocycles. The maximum Gasteiger partial charge on any atom is 0.337 e. The van der Waals surface area contributed by atoms with E-state index in [0.717, 1.165) is 6.42 Å². The third kappa shape index (κ3) is 6.14. The van der Waals surface area contributed by atoms with Crippen LogP contribution in [0.1, 0.15) is 44.0 Å². The molecule has 1 atom stereocenters. The van der Waals surface area contributed by atoms with Gasteiger partial charge in [-0.3, -0.25) is 4.79 Å². The SMILES string of the molecule is CC(C)(C)CC(N)CC(=O)Nc1ccc(Cl)c(C(=O)O)c1. The fourth-order valence-corrected chi connectivity index (χ4v) is 2.27. The van der Waals surface area contributed by atoms with E-state index >= 15 is 0 Å². The first-order valence-corrected chi connectivity index (χ1v) is 7.04. The molecule has 1 aromatic rings. The molecule has 21 heavy (non-hydrogen) atoms. The van der Waals surface area contributed by atoms with Crippen molar-refractivity contribution in [2.75, 3.05) is 5.32 Å². The van der Waals surface area contributed by atoms with E-state index in [2.05, 4.69) is 26.1 Å². The highest BCUT2D eigenvalue weighted by molar-refractivity contribution is 6.33. The molecule has 0 saturated carbocycles. The Morgan fingerprint density at radius 1 is 1.38 bits per heavy atom. The van der Waals surface area contributed by atoms with Gasteiger partial charge in [0.05, 0.1) is 10.6 Å². The van der Waals surface area contributed by atoms with Gasteiger partial charge >= 0.3 is 5.97 Å². The minimum absolute atomic E-state index is 0.0477. The molecule has 0 saturated heterocycles. The Labute approximate surface area is 129 Å². The van der Waals surface area contributed by atoms with Crippen molar-refractivity contribution in [3.05, 3.63) is 28.8 Å². The van der Waals surface area contributed by atoms with E-state index in [1.54, 1.807) is 6.07 Å². The van der Waals surface area contributed by atoms with Crippen LogP contribution in [0.4, 0.5) is 5.69 Å². The Balaban J connectivity index is 2.67. The second-order valence-electron chi connectivity index (χ2n) is 6.28. The number of carboxylic acid groups (broad SMARTS) is 1. The second-order valence-corrected chi connectivity index (χ2v) is 6.68. The highest BCUT2D eigenvalue weighted by Gasteiger charge is 2.18. The van der Waals surface area contributed by atoms with Crippen LogP contribution in [-0.2, 0) is 4.79 Å². The van der Waals surface area contributed by atoms with Crippen molar-refractivity contribution >= 4 is 29.2 Å². The van der Waals surface area contributed by atoms with Gasteiger partial charge in [0.2, 0.25) is 5.91 Å². The predicted octanol–water partition coefficient (Wildman–Crippen LogP) is 3.13. The van der Waals surface area contributed by atoms with Crippen LogP contribution in [0.15, 0.2) is 18.2 Å². The van der Waals surface area contributed by atoms with E-state index in [1.807, 2.05) is 0 Å². The van der Waals surface area contributed by atoms with Crippen LogP contribution >= 0.6 is 11.6 Å². The molecule has 0 aromatic heterocycles. The normalized spacial score (nSPS) is 12.8. The molecular formula is C15H21ClN2O3. The van der Waals surface area contributed by atoms with E-state index in [4.69, 9.17) is 22.4 Å². The molecule has 0 aliphatic carbocycles. The van der Waals surface area contributed by atoms with Crippen LogP contribution in [0.3, 0.4) is 0 Å². The fourth-order valence-electron chi connectivity index (χ4n) is 2.08. The zero-order valence-corrected chi connectivity index (χ0v) is 13.2. The Hall–Kier alpha value is -1.59. The monoisotopic (exact) mass is 312 g/mol. The third-order valence-corrected chi connectivity index (χ3v) is 3.13. The number of rotatable bonds is 5. The van der Waals surface area contributed by atoms with Crippen LogP contribution in [0.5, 0.6) is 0 Å². The number of nitrogens with one attached hydrogen (secondary N) is 1. The van der Waals surface area contributed by atoms with Crippen molar-refractivity contribution in [2.24, 2.45) is 11.1 Å². The molecule has 1 rings (SSSR count). The lowest BCUT2D eigenvalue weighted by Crippen LogP contribution is -2.31. The van der Waals surface area contributed by atoms with E-state index in [1.165, 1.54) is 12.1 Å². The number of carbonyl (C=O) groups is 2. The maximum atomic E-state index is 11.9. The topological polar surface area (TPSA) is 92.4 Å². The highest BCUT2D eigenvalue weighted by Crippen LogP contribution is 2.23. The summed E-state index contributed by atoms with van der Waals surface area (Å²) in [5, 5.41) is 11.7. The van der Waals surface area contributed by atoms with Gasteiger partial charge in [-0.1, -0.05) is 32.4 Å². The van der Waals surface area contributed by atoms with E-state index in [-0.39, 0.29) is 34.4 Å². The van der Waals surface area contributed by atoms with Gasteiger partial charge < -0.3 is 16.2 Å². The number of carbonyl (C=O) groups excluding carboxylic acids is 1. The van der Waals surface area contributed by atoms with Gasteiger partial charge in [-0.2, -0.15) is 0 Å². The summed E-state index contributed by atoms with van der Waals surface area (Å²) in [4.78, 5) is 22.9. The van der Waals surface area contributed by atoms with Gasteiger partial charge in [0.15, 0.2) is 0 Å². The Kier molecular flexibility index (Phi) is 5.75. The Bertz CT molecular complexity index is 538. The molecular weight excluding hydrogens is 292 g/mol. The summed E-state index contributed by atoms with van der Waals surface area (Å²) >= 11 is 5.77. The van der Waals surface area contributed by atoms with Gasteiger partial charge in [0.25, 0.3) is 0 Å². The number of carboxylic acids is 1. The molecule has 0 heterocycles. The Morgan fingerprint density at radius 3 is 2.52 bits per heavy atom. The number of hydrogen-bond acceptors (Lipinski definition) is 3. The van der Waals surface area contributed by atoms with Gasteiger partial charge in [-0.15, -0.1) is 0 Å². The fraction of sp³-hybridized carbons (Fsp3) is 0.467. The quantitative estimate of drug-likeness (QED) is 0.778. The number of anilines is 1. The molecule has 0 bridgehead atoms. The molecule has 0 aliphatic rings. The van der Waals surface area contributed by atoms with E-state index in [0.29, 0.717) is 5.69 Å². The average molecular weight is 313 g/mol. The smallest absolute Gasteiger partial charge is 0.337 e. The highest BCUT2D eigenvalue weighted by atomic mass is 35.5. The number of benzene rings is 1. The predicted molar refractivity (Wildman–Crippen MR) is 83.7 cm³/mol. The largest absolute Gasteiger partial charge is 0.478 e. The summed E-state index contributed by atoms with van der Waals surface area (Å²) in [7, 11) is 0. The molecule has 1 unspecified atom stereocenters. The van der Waals surface area contributed by atoms with Crippen LogP contribution in [-0.4, -0.2) is 23.0 Å². The van der Waals surface area contributed by atoms with Crippen molar-refractivity contribution in [1.82, 2.24) is 0 Å². The van der Waals surface area contributed by atoms with Crippen molar-refractivity contribution < 1.29 is 14.7 Å². The summed E-state index contributed by atoms with van der Waals surface area (Å²) in [6.45, 7) is 6.18. The van der Waals surface area contributed by atoms with Crippen LogP contribution < -0.4 is 11.1 Å². The van der Waals surface area contributed by atoms with Gasteiger partial charge in [0, 0.05) is 18.2 Å². The molecule has 0 radical (unpaired) electrons. The molecule has 0 fully saturated rings. The molecule has 5 nitrogen and oxygen atoms in total. The summed E-state index contributed by atoms with van der Waals surface area (Å²) in [6, 6.07) is 4.09. The zero-order valence-electron chi connectivity index (χ0n) is 12.4. The molecule has 0 spiro atoms. The Morgan fingerprint density at radius 2 is 2.00 bits per heavy atom. The molecule has 1 amide bonds. The minimum Gasteiger partial charge on any atom is -0.478 e. The van der Waals surface area contributed by atoms with Gasteiger partial charge in [-0.25, -0.2) is 4.79 Å². The first-order chi connectivity index (χ1) is 9.58. The first-order valence-electron chi connectivity index (χ1n) is 6.67. The van der Waals surface area contributed by atoms with E-state index < -0.39 is 5.97 Å². The molecule has 6 heteroatoms. The van der Waals surface area contributed by atoms with Crippen LogP contribution in [0.2, 0.25) is 5.02 Å². The molecule has 4 N–H and O–H groups in total. The van der Waals surface area contributed by atoms with Gasteiger partial charge in [0.1, 0.15) is 0 Å². The van der Waals surface area contributed by atoms with Gasteiger partial charge in [-0.05, 0) is 30.0 Å². The van der Waals surface area contributed by atoms with E-state index in [9.17, 15) is 9.59 Å². The summed E-state index contributed by atoms with van der Waals surface area (Å²) in [5.74, 6) is -1.38. The second kappa shape index (κ2) is 6.91. The standard InChI is InChI=1S/C15H21ClN2O3/c1-15(2,3)8-9(17)6-13(19)18-10-4-5-12(16)11(7-10)14(20)21/h4-5,7,9H,6,8,17H2,1-3H3,(H,18,19)(H,20,21). The first kappa shape index (κ1) is 17.5. The number of nitrogens with two attached hydrogens (primary N) is 1. The minimum atomic E-state index is -1.14. The van der Waals surface area contributed by atoms with Crippen LogP contribution in [0.25, 0.3) is 0 Å². The van der Waals surface area contributed by atoms with Crippen molar-refractivity contribution in [2.45, 2.75) is 39.7 Å². The van der Waals surface area contributed by atoms with Crippen molar-refractivity contribution in [3.63, 3.8) is 0 Å². The lowest BCUT2D eigenvalue weighted by atomic mass is 9.87. The number of halogens is 1. The summed E-state index contributed by atoms with van der Waals surface area (Å²) in [6.07, 6.45) is 0.906. The zero-order chi connectivity index (χ0) is 16.2. The summed E-state index contributed by atoms with van der Waals surface area (Å²) in [5.41, 5.74) is 6.34. The lowest BCUT2D eigenvalue weighted by Gasteiger charge is -2.22. The average Bonchev–Trinajstić information content (AvgIpc) is 2.28. The number of aromatic carboxylic acids is 1.